The van der Waals surface area contributed by atoms with Gasteiger partial charge in [-0.2, -0.15) is 13.8 Å². The Balaban J connectivity index is 2.11. The highest BCUT2D eigenvalue weighted by molar-refractivity contribution is 14.1. The van der Waals surface area contributed by atoms with Crippen molar-refractivity contribution in [2.24, 2.45) is 7.05 Å². The number of fused-ring (bicyclic) bond motifs is 10. The number of aromatic nitrogens is 6. The van der Waals surface area contributed by atoms with Crippen molar-refractivity contribution in [3.8, 4) is 0 Å². The molecule has 6 aromatic rings. The first-order chi connectivity index (χ1) is 12.7. The van der Waals surface area contributed by atoms with Gasteiger partial charge >= 0.3 is 5.78 Å². The van der Waals surface area contributed by atoms with Crippen molar-refractivity contribution in [3.63, 3.8) is 0 Å². The lowest BCUT2D eigenvalue weighted by molar-refractivity contribution is -0.621. The van der Waals surface area contributed by atoms with Crippen molar-refractivity contribution < 1.29 is 4.57 Å². The van der Waals surface area contributed by atoms with Gasteiger partial charge in [0.2, 0.25) is 0 Å². The maximum absolute atomic E-state index is 4.92. The zero-order valence-electron chi connectivity index (χ0n) is 14.2. The average Bonchev–Trinajstić information content (AvgIpc) is 3.30. The third kappa shape index (κ3) is 1.55. The summed E-state index contributed by atoms with van der Waals surface area (Å²) in [5.41, 5.74) is 5.67. The number of hydrogen-bond acceptors (Lipinski definition) is 2. The number of para-hydroxylation sites is 2. The largest absolute Gasteiger partial charge is 0.380 e. The van der Waals surface area contributed by atoms with E-state index >= 15 is 0 Å². The topological polar surface area (TPSA) is 42.9 Å². The molecule has 0 aliphatic carbocycles. The molecule has 0 N–H and O–H groups in total. The van der Waals surface area contributed by atoms with Gasteiger partial charge in [0.1, 0.15) is 11.0 Å². The normalized spacial score (nSPS) is 12.4. The van der Waals surface area contributed by atoms with Gasteiger partial charge in [0, 0.05) is 12.4 Å². The molecule has 2 aromatic carbocycles. The summed E-state index contributed by atoms with van der Waals surface area (Å²) in [6.07, 6.45) is 3.81. The molecule has 0 aliphatic heterocycles. The molecule has 6 nitrogen and oxygen atoms in total. The number of halogens is 1. The second kappa shape index (κ2) is 4.73. The van der Waals surface area contributed by atoms with Crippen molar-refractivity contribution in [1.29, 1.82) is 0 Å². The van der Waals surface area contributed by atoms with Crippen LogP contribution in [-0.2, 0) is 7.05 Å². The Labute approximate surface area is 161 Å². The van der Waals surface area contributed by atoms with E-state index in [-0.39, 0.29) is 0 Å². The molecule has 0 bridgehead atoms. The number of aryl methyl sites for hydroxylation is 2. The predicted octanol–water partition coefficient (Wildman–Crippen LogP) is 3.28. The Kier molecular flexibility index (Phi) is 2.63. The maximum Gasteiger partial charge on any atom is 0.380 e. The van der Waals surface area contributed by atoms with Gasteiger partial charge < -0.3 is 0 Å². The molecule has 0 amide bonds. The van der Waals surface area contributed by atoms with E-state index in [0.717, 1.165) is 33.9 Å². The Morgan fingerprint density at radius 2 is 1.88 bits per heavy atom. The fourth-order valence-corrected chi connectivity index (χ4v) is 4.92. The molecule has 0 spiro atoms. The van der Waals surface area contributed by atoms with E-state index in [0.29, 0.717) is 0 Å². The van der Waals surface area contributed by atoms with Crippen LogP contribution in [0.5, 0.6) is 0 Å². The molecular formula is C19H14IN6+. The highest BCUT2D eigenvalue weighted by Crippen LogP contribution is 2.27. The first-order valence-electron chi connectivity index (χ1n) is 8.38. The molecule has 0 saturated carbocycles. The van der Waals surface area contributed by atoms with E-state index in [4.69, 9.17) is 4.98 Å². The number of hydrogen-bond donors (Lipinski definition) is 0. The molecular weight excluding hydrogens is 439 g/mol. The molecule has 0 radical (unpaired) electrons. The lowest BCUT2D eigenvalue weighted by atomic mass is 10.2. The van der Waals surface area contributed by atoms with Crippen LogP contribution in [-0.4, -0.2) is 23.2 Å². The molecule has 0 atom stereocenters. The number of benzene rings is 2. The number of rotatable bonds is 0. The van der Waals surface area contributed by atoms with Crippen LogP contribution in [0.25, 0.3) is 39.4 Å². The summed E-state index contributed by atoms with van der Waals surface area (Å²) in [6.45, 7) is 2.14. The summed E-state index contributed by atoms with van der Waals surface area (Å²) in [4.78, 5) is 9.56. The maximum atomic E-state index is 4.92. The van der Waals surface area contributed by atoms with Crippen LogP contribution < -0.4 is 4.57 Å². The van der Waals surface area contributed by atoms with Gasteiger partial charge in [-0.25, -0.2) is 14.0 Å². The van der Waals surface area contributed by atoms with Crippen LogP contribution in [0.1, 0.15) is 5.56 Å². The van der Waals surface area contributed by atoms with Gasteiger partial charge in [-0.15, -0.1) is 0 Å². The van der Waals surface area contributed by atoms with Crippen LogP contribution in [0, 0.1) is 10.5 Å². The molecule has 4 aromatic heterocycles. The average molecular weight is 453 g/mol. The van der Waals surface area contributed by atoms with Crippen molar-refractivity contribution in [2.75, 3.05) is 0 Å². The van der Waals surface area contributed by atoms with E-state index < -0.39 is 0 Å². The quantitative estimate of drug-likeness (QED) is 0.262. The smallest absolute Gasteiger partial charge is 0.228 e. The summed E-state index contributed by atoms with van der Waals surface area (Å²) in [7, 11) is 2.11. The third-order valence-corrected chi connectivity index (χ3v) is 6.01. The number of nitrogens with zero attached hydrogens (tertiary/aromatic N) is 6. The molecule has 26 heavy (non-hydrogen) atoms. The van der Waals surface area contributed by atoms with E-state index in [1.165, 1.54) is 14.7 Å². The highest BCUT2D eigenvalue weighted by Gasteiger charge is 2.27. The molecule has 0 unspecified atom stereocenters. The van der Waals surface area contributed by atoms with Crippen LogP contribution in [0.15, 0.2) is 48.8 Å². The molecule has 0 saturated heterocycles. The summed E-state index contributed by atoms with van der Waals surface area (Å²) in [5, 5.41) is 0. The number of imidazole rings is 3. The van der Waals surface area contributed by atoms with Crippen molar-refractivity contribution in [1.82, 2.24) is 23.2 Å². The SMILES string of the molecule is Cc1cccc2nc3n4ccnc4n4c5cccc(I)c5[n+](C)c4n3c12. The van der Waals surface area contributed by atoms with Gasteiger partial charge in [0.15, 0.2) is 11.0 Å². The highest BCUT2D eigenvalue weighted by atomic mass is 127. The Morgan fingerprint density at radius 1 is 1.04 bits per heavy atom. The van der Waals surface area contributed by atoms with Crippen LogP contribution >= 0.6 is 22.6 Å². The minimum Gasteiger partial charge on any atom is -0.228 e. The Morgan fingerprint density at radius 3 is 2.77 bits per heavy atom. The zero-order chi connectivity index (χ0) is 17.6. The fraction of sp³-hybridized carbons (Fsp3) is 0.105. The molecule has 6 rings (SSSR count). The van der Waals surface area contributed by atoms with E-state index in [1.807, 2.05) is 12.4 Å². The van der Waals surface area contributed by atoms with Crippen LogP contribution in [0.3, 0.4) is 0 Å². The predicted molar refractivity (Wildman–Crippen MR) is 109 cm³/mol. The molecule has 126 valence electrons. The Bertz CT molecular complexity index is 1520. The first-order valence-corrected chi connectivity index (χ1v) is 9.46. The fourth-order valence-electron chi connectivity index (χ4n) is 4.07. The van der Waals surface area contributed by atoms with Gasteiger partial charge in [-0.05, 0) is 53.3 Å². The summed E-state index contributed by atoms with van der Waals surface area (Å²) >= 11 is 2.40. The lowest BCUT2D eigenvalue weighted by Crippen LogP contribution is -2.30. The molecule has 0 aliphatic rings. The second-order valence-electron chi connectivity index (χ2n) is 6.59. The van der Waals surface area contributed by atoms with Crippen molar-refractivity contribution in [2.45, 2.75) is 6.92 Å². The Hall–Kier alpha value is -2.68. The summed E-state index contributed by atoms with van der Waals surface area (Å²) in [5.74, 6) is 2.80. The molecule has 7 heteroatoms. The minimum atomic E-state index is 0.869. The third-order valence-electron chi connectivity index (χ3n) is 5.14. The van der Waals surface area contributed by atoms with E-state index in [2.05, 4.69) is 95.7 Å². The first kappa shape index (κ1) is 14.5. The van der Waals surface area contributed by atoms with E-state index in [1.54, 1.807) is 0 Å². The summed E-state index contributed by atoms with van der Waals surface area (Å²) < 4.78 is 9.98. The molecule has 0 fully saturated rings. The van der Waals surface area contributed by atoms with Gasteiger partial charge in [-0.1, -0.05) is 18.2 Å². The van der Waals surface area contributed by atoms with Crippen LogP contribution in [0.2, 0.25) is 0 Å². The van der Waals surface area contributed by atoms with Gasteiger partial charge in [0.05, 0.1) is 10.6 Å². The van der Waals surface area contributed by atoms with Crippen LogP contribution in [0.4, 0.5) is 0 Å². The monoisotopic (exact) mass is 453 g/mol. The lowest BCUT2D eigenvalue weighted by Gasteiger charge is -2.00. The van der Waals surface area contributed by atoms with E-state index in [9.17, 15) is 0 Å². The van der Waals surface area contributed by atoms with Gasteiger partial charge in [0.25, 0.3) is 11.6 Å². The van der Waals surface area contributed by atoms with Crippen molar-refractivity contribution >= 4 is 62.0 Å². The summed E-state index contributed by atoms with van der Waals surface area (Å²) in [6, 6.07) is 12.6. The zero-order valence-corrected chi connectivity index (χ0v) is 16.3. The second-order valence-corrected chi connectivity index (χ2v) is 7.75. The van der Waals surface area contributed by atoms with Gasteiger partial charge in [-0.3, -0.25) is 0 Å². The minimum absolute atomic E-state index is 0.869. The molecule has 4 heterocycles. The van der Waals surface area contributed by atoms with Crippen molar-refractivity contribution in [3.05, 3.63) is 57.9 Å². The standard InChI is InChI=1S/C19H14IN6/c1-11-5-3-7-13-15(11)26-18(22-13)24-10-9-21-17(24)25-14-8-4-6-12(20)16(14)23(2)19(25)26/h3-10H,1-2H3/q+1.